The molecular formula is C15H20N6O2. The van der Waals surface area contributed by atoms with Gasteiger partial charge in [0.15, 0.2) is 11.5 Å². The first-order chi connectivity index (χ1) is 11.2. The lowest BCUT2D eigenvalue weighted by Crippen LogP contribution is -2.39. The summed E-state index contributed by atoms with van der Waals surface area (Å²) in [4.78, 5) is 13.8. The molecule has 1 saturated heterocycles. The van der Waals surface area contributed by atoms with Gasteiger partial charge in [0.05, 0.1) is 0 Å². The summed E-state index contributed by atoms with van der Waals surface area (Å²) in [5, 5.41) is 16.1. The van der Waals surface area contributed by atoms with Crippen LogP contribution >= 0.6 is 0 Å². The molecular weight excluding hydrogens is 296 g/mol. The number of hydrogen-bond acceptors (Lipinski definition) is 6. The summed E-state index contributed by atoms with van der Waals surface area (Å²) in [6.07, 6.45) is 3.25. The number of nitrogens with one attached hydrogen (secondary N) is 1. The molecule has 1 aliphatic carbocycles. The van der Waals surface area contributed by atoms with Gasteiger partial charge in [-0.05, 0) is 31.4 Å². The van der Waals surface area contributed by atoms with Crippen molar-refractivity contribution in [3.8, 4) is 0 Å². The Morgan fingerprint density at radius 1 is 1.35 bits per heavy atom. The van der Waals surface area contributed by atoms with E-state index in [1.54, 1.807) is 0 Å². The second kappa shape index (κ2) is 5.77. The third-order valence-electron chi connectivity index (χ3n) is 4.37. The van der Waals surface area contributed by atoms with Gasteiger partial charge in [-0.1, -0.05) is 0 Å². The molecule has 0 aromatic carbocycles. The zero-order valence-electron chi connectivity index (χ0n) is 13.1. The van der Waals surface area contributed by atoms with Crippen LogP contribution in [0.3, 0.4) is 0 Å². The van der Waals surface area contributed by atoms with Gasteiger partial charge in [-0.25, -0.2) is 0 Å². The molecule has 2 aromatic rings. The van der Waals surface area contributed by atoms with E-state index in [0.717, 1.165) is 36.8 Å². The van der Waals surface area contributed by atoms with E-state index in [1.165, 1.54) is 20.0 Å². The van der Waals surface area contributed by atoms with E-state index in [2.05, 4.69) is 20.4 Å². The Morgan fingerprint density at radius 3 is 3.00 bits per heavy atom. The zero-order valence-corrected chi connectivity index (χ0v) is 13.1. The smallest absolute Gasteiger partial charge is 0.246 e. The highest BCUT2D eigenvalue weighted by atomic mass is 16.5. The molecule has 0 radical (unpaired) electrons. The predicted molar refractivity (Wildman–Crippen MR) is 83.4 cm³/mol. The molecule has 0 spiro atoms. The van der Waals surface area contributed by atoms with Gasteiger partial charge in [0.25, 0.3) is 0 Å². The fourth-order valence-electron chi connectivity index (χ4n) is 3.05. The van der Waals surface area contributed by atoms with Crippen molar-refractivity contribution >= 4 is 17.4 Å². The van der Waals surface area contributed by atoms with E-state index < -0.39 is 0 Å². The lowest BCUT2D eigenvalue weighted by atomic mass is 10.2. The first kappa shape index (κ1) is 14.4. The van der Waals surface area contributed by atoms with Crippen LogP contribution in [0.15, 0.2) is 12.1 Å². The van der Waals surface area contributed by atoms with Crippen molar-refractivity contribution in [3.63, 3.8) is 0 Å². The van der Waals surface area contributed by atoms with Gasteiger partial charge in [-0.3, -0.25) is 4.79 Å². The van der Waals surface area contributed by atoms with E-state index in [1.807, 2.05) is 16.6 Å². The number of carbonyl (C=O) groups excluding carboxylic acids is 1. The standard InChI is InChI=1S/C15H20N6O2/c1-23-9-14(22)16-11-6-7-20(8-11)13-5-4-12-17-18-15(10-2-3-10)21(12)19-13/h4-5,10-11H,2-3,6-9H2,1H3,(H,16,22). The largest absolute Gasteiger partial charge is 0.375 e. The van der Waals surface area contributed by atoms with Crippen LogP contribution in [0.25, 0.3) is 5.65 Å². The third kappa shape index (κ3) is 2.86. The van der Waals surface area contributed by atoms with E-state index in [0.29, 0.717) is 5.92 Å². The number of hydrogen-bond donors (Lipinski definition) is 1. The zero-order chi connectivity index (χ0) is 15.8. The van der Waals surface area contributed by atoms with Crippen LogP contribution in [0, 0.1) is 0 Å². The Kier molecular flexibility index (Phi) is 3.60. The molecule has 1 atom stereocenters. The quantitative estimate of drug-likeness (QED) is 0.856. The summed E-state index contributed by atoms with van der Waals surface area (Å²) in [6, 6.07) is 4.07. The van der Waals surface area contributed by atoms with Gasteiger partial charge in [-0.2, -0.15) is 4.52 Å². The lowest BCUT2D eigenvalue weighted by Gasteiger charge is -2.18. The highest BCUT2D eigenvalue weighted by Crippen LogP contribution is 2.38. The fourth-order valence-corrected chi connectivity index (χ4v) is 3.05. The molecule has 1 saturated carbocycles. The molecule has 1 amide bonds. The van der Waals surface area contributed by atoms with Crippen molar-refractivity contribution in [1.82, 2.24) is 25.1 Å². The van der Waals surface area contributed by atoms with Crippen LogP contribution in [0.2, 0.25) is 0 Å². The molecule has 0 bridgehead atoms. The van der Waals surface area contributed by atoms with Crippen molar-refractivity contribution in [3.05, 3.63) is 18.0 Å². The molecule has 2 aliphatic rings. The van der Waals surface area contributed by atoms with Gasteiger partial charge < -0.3 is 15.0 Å². The lowest BCUT2D eigenvalue weighted by molar-refractivity contribution is -0.125. The van der Waals surface area contributed by atoms with Gasteiger partial charge in [0.1, 0.15) is 12.4 Å². The maximum absolute atomic E-state index is 11.6. The number of nitrogens with zero attached hydrogens (tertiary/aromatic N) is 5. The number of aromatic nitrogens is 4. The Morgan fingerprint density at radius 2 is 2.22 bits per heavy atom. The average molecular weight is 316 g/mol. The summed E-state index contributed by atoms with van der Waals surface area (Å²) in [5.74, 6) is 2.30. The van der Waals surface area contributed by atoms with Gasteiger partial charge in [0.2, 0.25) is 5.91 Å². The Bertz CT molecular complexity index is 726. The topological polar surface area (TPSA) is 84.6 Å². The van der Waals surface area contributed by atoms with Gasteiger partial charge in [-0.15, -0.1) is 15.3 Å². The van der Waals surface area contributed by atoms with Crippen LogP contribution < -0.4 is 10.2 Å². The van der Waals surface area contributed by atoms with Crippen LogP contribution in [0.1, 0.15) is 31.0 Å². The van der Waals surface area contributed by atoms with Crippen molar-refractivity contribution in [2.75, 3.05) is 31.7 Å². The highest BCUT2D eigenvalue weighted by molar-refractivity contribution is 5.77. The van der Waals surface area contributed by atoms with E-state index in [4.69, 9.17) is 9.84 Å². The fraction of sp³-hybridized carbons (Fsp3) is 0.600. The molecule has 1 aliphatic heterocycles. The molecule has 2 aromatic heterocycles. The molecule has 3 heterocycles. The summed E-state index contributed by atoms with van der Waals surface area (Å²) < 4.78 is 6.72. The normalized spacial score (nSPS) is 21.1. The SMILES string of the molecule is COCC(=O)NC1CCN(c2ccc3nnc(C4CC4)n3n2)C1. The number of amides is 1. The van der Waals surface area contributed by atoms with Gasteiger partial charge in [0, 0.05) is 32.2 Å². The minimum absolute atomic E-state index is 0.0717. The van der Waals surface area contributed by atoms with Crippen LogP contribution in [0.5, 0.6) is 0 Å². The Labute approximate surface area is 133 Å². The van der Waals surface area contributed by atoms with E-state index in [-0.39, 0.29) is 18.6 Å². The Hall–Kier alpha value is -2.22. The molecule has 1 unspecified atom stereocenters. The summed E-state index contributed by atoms with van der Waals surface area (Å²) in [7, 11) is 1.52. The first-order valence-electron chi connectivity index (χ1n) is 8.00. The van der Waals surface area contributed by atoms with Crippen LogP contribution in [0.4, 0.5) is 5.82 Å². The van der Waals surface area contributed by atoms with Crippen molar-refractivity contribution in [2.45, 2.75) is 31.2 Å². The maximum Gasteiger partial charge on any atom is 0.246 e. The number of fused-ring (bicyclic) bond motifs is 1. The number of ether oxygens (including phenoxy) is 1. The average Bonchev–Trinajstić information content (AvgIpc) is 3.13. The molecule has 8 heteroatoms. The number of anilines is 1. The van der Waals surface area contributed by atoms with Crippen molar-refractivity contribution in [2.24, 2.45) is 0 Å². The summed E-state index contributed by atoms with van der Waals surface area (Å²) in [5.41, 5.74) is 0.791. The highest BCUT2D eigenvalue weighted by Gasteiger charge is 2.30. The second-order valence-corrected chi connectivity index (χ2v) is 6.23. The van der Waals surface area contributed by atoms with E-state index in [9.17, 15) is 4.79 Å². The first-order valence-corrected chi connectivity index (χ1v) is 8.00. The minimum atomic E-state index is -0.0717. The van der Waals surface area contributed by atoms with Crippen molar-refractivity contribution < 1.29 is 9.53 Å². The molecule has 4 rings (SSSR count). The van der Waals surface area contributed by atoms with Crippen LogP contribution in [-0.4, -0.2) is 58.6 Å². The summed E-state index contributed by atoms with van der Waals surface area (Å²) in [6.45, 7) is 1.73. The maximum atomic E-state index is 11.6. The van der Waals surface area contributed by atoms with Crippen LogP contribution in [-0.2, 0) is 9.53 Å². The Balaban J connectivity index is 1.49. The molecule has 23 heavy (non-hydrogen) atoms. The van der Waals surface area contributed by atoms with Gasteiger partial charge >= 0.3 is 0 Å². The third-order valence-corrected chi connectivity index (χ3v) is 4.37. The molecule has 8 nitrogen and oxygen atoms in total. The van der Waals surface area contributed by atoms with E-state index >= 15 is 0 Å². The predicted octanol–water partition coefficient (Wildman–Crippen LogP) is 0.343. The monoisotopic (exact) mass is 316 g/mol. The molecule has 2 fully saturated rings. The second-order valence-electron chi connectivity index (χ2n) is 6.23. The minimum Gasteiger partial charge on any atom is -0.375 e. The molecule has 1 N–H and O–H groups in total. The number of rotatable bonds is 5. The number of methoxy groups -OCH3 is 1. The molecule has 122 valence electrons. The van der Waals surface area contributed by atoms with Crippen molar-refractivity contribution in [1.29, 1.82) is 0 Å². The number of carbonyl (C=O) groups is 1. The summed E-state index contributed by atoms with van der Waals surface area (Å²) >= 11 is 0.